The summed E-state index contributed by atoms with van der Waals surface area (Å²) in [6.07, 6.45) is 3.81. The number of hydrogen-bond donors (Lipinski definition) is 0. The van der Waals surface area contributed by atoms with Gasteiger partial charge in [0.2, 0.25) is 0 Å². The average molecular weight is 1200 g/mol. The first-order valence-corrected chi connectivity index (χ1v) is 32.1. The molecule has 13 aromatic carbocycles. The second kappa shape index (κ2) is 21.5. The van der Waals surface area contributed by atoms with E-state index in [4.69, 9.17) is 9.97 Å². The smallest absolute Gasteiger partial charge is 0.145 e. The third kappa shape index (κ3) is 8.51. The van der Waals surface area contributed by atoms with Gasteiger partial charge in [0.05, 0.1) is 33.1 Å². The first-order chi connectivity index (χ1) is 46.6. The number of nitrogens with zero attached hydrogens (tertiary/aromatic N) is 6. The molecule has 0 saturated heterocycles. The fourth-order valence-electron chi connectivity index (χ4n) is 15.0. The van der Waals surface area contributed by atoms with Crippen LogP contribution in [0.4, 0.5) is 0 Å². The van der Waals surface area contributed by atoms with Gasteiger partial charge in [-0.2, -0.15) is 0 Å². The fraction of sp³-hybridized carbons (Fsp3) is 0. The minimum Gasteiger partial charge on any atom is -0.309 e. The molecule has 0 unspecified atom stereocenters. The van der Waals surface area contributed by atoms with Gasteiger partial charge in [-0.05, 0) is 159 Å². The Labute approximate surface area is 542 Å². The molecular formula is C88H56N6. The largest absolute Gasteiger partial charge is 0.309 e. The van der Waals surface area contributed by atoms with Crippen LogP contribution in [0.5, 0.6) is 0 Å². The lowest BCUT2D eigenvalue weighted by atomic mass is 9.98. The number of hydrogen-bond acceptors (Lipinski definition) is 2. The fourth-order valence-corrected chi connectivity index (χ4v) is 15.0. The van der Waals surface area contributed by atoms with Crippen molar-refractivity contribution in [2.75, 3.05) is 0 Å². The summed E-state index contributed by atoms with van der Waals surface area (Å²) >= 11 is 0. The van der Waals surface area contributed by atoms with E-state index in [2.05, 4.69) is 334 Å². The predicted molar refractivity (Wildman–Crippen MR) is 392 cm³/mol. The van der Waals surface area contributed by atoms with E-state index in [0.29, 0.717) is 0 Å². The Hall–Kier alpha value is -12.6. The van der Waals surface area contributed by atoms with Crippen molar-refractivity contribution in [3.63, 3.8) is 0 Å². The lowest BCUT2D eigenvalue weighted by Gasteiger charge is -2.15. The van der Waals surface area contributed by atoms with E-state index < -0.39 is 0 Å². The molecule has 0 amide bonds. The van der Waals surface area contributed by atoms with E-state index in [9.17, 15) is 0 Å². The van der Waals surface area contributed by atoms with Crippen molar-refractivity contribution in [1.82, 2.24) is 28.2 Å². The van der Waals surface area contributed by atoms with Crippen LogP contribution in [-0.4, -0.2) is 28.2 Å². The van der Waals surface area contributed by atoms with Gasteiger partial charge in [0.15, 0.2) is 0 Å². The molecule has 6 heteroatoms. The molecule has 6 nitrogen and oxygen atoms in total. The monoisotopic (exact) mass is 1200 g/mol. The summed E-state index contributed by atoms with van der Waals surface area (Å²) in [5, 5.41) is 9.41. The number of aromatic nitrogens is 6. The van der Waals surface area contributed by atoms with Gasteiger partial charge in [0.25, 0.3) is 0 Å². The van der Waals surface area contributed by atoms with Gasteiger partial charge < -0.3 is 9.13 Å². The molecular weight excluding hydrogens is 1140 g/mol. The second-order valence-electron chi connectivity index (χ2n) is 24.5. The van der Waals surface area contributed by atoms with Crippen LogP contribution in [0.1, 0.15) is 0 Å². The van der Waals surface area contributed by atoms with Crippen LogP contribution < -0.4 is 0 Å². The quantitative estimate of drug-likeness (QED) is 0.137. The maximum absolute atomic E-state index is 5.10. The van der Waals surface area contributed by atoms with Gasteiger partial charge in [0.1, 0.15) is 11.3 Å². The molecule has 438 valence electrons. The molecule has 6 heterocycles. The molecule has 0 spiro atoms. The molecule has 0 saturated carbocycles. The van der Waals surface area contributed by atoms with Crippen LogP contribution >= 0.6 is 0 Å². The Bertz CT molecular complexity index is 6220. The van der Waals surface area contributed by atoms with Gasteiger partial charge in [-0.25, -0.2) is 9.97 Å². The molecule has 0 N–H and O–H groups in total. The Morgan fingerprint density at radius 1 is 0.181 bits per heavy atom. The molecule has 0 aliphatic heterocycles. The standard InChI is InChI=1S/C88H56N6/c1-3-19-57(20-4-1)59-41-45-67(46-42-59)91-81-39-9-7-31-73(81)77-35-15-33-71(85(77)91)65-43-47-76-80-38-18-50-90-88(80)94(84(76)55-65)70-30-14-27-64(54-70)61-24-11-23-60(51-61)63-26-13-28-68(53-63)92-82-40-10-8-32-74(82)78-36-16-34-72(86(78)92)66-44-48-75-79-37-17-49-89-87(79)93(83(75)56-66)69-29-12-25-62(52-69)58-21-5-2-6-22-58/h1-56H. The van der Waals surface area contributed by atoms with E-state index in [1.165, 1.54) is 49.3 Å². The van der Waals surface area contributed by atoms with Crippen molar-refractivity contribution >= 4 is 87.5 Å². The van der Waals surface area contributed by atoms with Crippen LogP contribution in [0, 0.1) is 0 Å². The van der Waals surface area contributed by atoms with Crippen LogP contribution in [-0.2, 0) is 0 Å². The lowest BCUT2D eigenvalue weighted by molar-refractivity contribution is 1.14. The third-order valence-corrected chi connectivity index (χ3v) is 19.2. The van der Waals surface area contributed by atoms with Gasteiger partial charge >= 0.3 is 0 Å². The molecule has 0 aliphatic rings. The van der Waals surface area contributed by atoms with Crippen molar-refractivity contribution in [2.24, 2.45) is 0 Å². The first kappa shape index (κ1) is 53.2. The Morgan fingerprint density at radius 3 is 1.02 bits per heavy atom. The Kier molecular flexibility index (Phi) is 12.2. The van der Waals surface area contributed by atoms with Crippen LogP contribution in [0.15, 0.2) is 340 Å². The first-order valence-electron chi connectivity index (χ1n) is 32.1. The van der Waals surface area contributed by atoms with Crippen LogP contribution in [0.3, 0.4) is 0 Å². The number of benzene rings is 13. The van der Waals surface area contributed by atoms with Crippen molar-refractivity contribution in [3.05, 3.63) is 340 Å². The molecule has 6 aromatic heterocycles. The highest BCUT2D eigenvalue weighted by Gasteiger charge is 2.23. The number of para-hydroxylation sites is 4. The van der Waals surface area contributed by atoms with Gasteiger partial charge in [0, 0.05) is 89.4 Å². The zero-order valence-corrected chi connectivity index (χ0v) is 51.0. The minimum atomic E-state index is 0.919. The maximum Gasteiger partial charge on any atom is 0.145 e. The Balaban J connectivity index is 0.705. The van der Waals surface area contributed by atoms with E-state index in [1.807, 2.05) is 24.5 Å². The highest BCUT2D eigenvalue weighted by Crippen LogP contribution is 2.44. The molecule has 0 bridgehead atoms. The van der Waals surface area contributed by atoms with Crippen molar-refractivity contribution in [2.45, 2.75) is 0 Å². The van der Waals surface area contributed by atoms with E-state index in [-0.39, 0.29) is 0 Å². The molecule has 0 radical (unpaired) electrons. The van der Waals surface area contributed by atoms with Gasteiger partial charge in [-0.1, -0.05) is 224 Å². The maximum atomic E-state index is 5.10. The predicted octanol–water partition coefficient (Wildman–Crippen LogP) is 22.9. The van der Waals surface area contributed by atoms with E-state index in [1.54, 1.807) is 0 Å². The second-order valence-corrected chi connectivity index (χ2v) is 24.5. The molecule has 19 aromatic rings. The zero-order chi connectivity index (χ0) is 61.8. The van der Waals surface area contributed by atoms with Gasteiger partial charge in [-0.3, -0.25) is 9.13 Å². The Morgan fingerprint density at radius 2 is 0.521 bits per heavy atom. The van der Waals surface area contributed by atoms with Crippen molar-refractivity contribution in [1.29, 1.82) is 0 Å². The lowest BCUT2D eigenvalue weighted by Crippen LogP contribution is -1.97. The SMILES string of the molecule is c1ccc(-c2ccc(-n3c4ccccc4c4cccc(-c5ccc6c7cccnc7n(-c7cccc(-c8cccc(-c9cccc(-n%10c%11ccccc%11c%11cccc(-c%12ccc%13c%14cccnc%14n(-c%14cccc(-c%15ccccc%15)c%14)c%13c%12)c%11%10)c9)c8)c7)c6c5)c43)cc2)cc1. The summed E-state index contributed by atoms with van der Waals surface area (Å²) in [7, 11) is 0. The third-order valence-electron chi connectivity index (χ3n) is 19.2. The highest BCUT2D eigenvalue weighted by molar-refractivity contribution is 6.17. The topological polar surface area (TPSA) is 45.5 Å². The summed E-state index contributed by atoms with van der Waals surface area (Å²) in [5.41, 5.74) is 26.9. The molecule has 0 atom stereocenters. The van der Waals surface area contributed by atoms with E-state index >= 15 is 0 Å². The highest BCUT2D eigenvalue weighted by atomic mass is 15.1. The van der Waals surface area contributed by atoms with Crippen LogP contribution in [0.2, 0.25) is 0 Å². The summed E-state index contributed by atoms with van der Waals surface area (Å²) < 4.78 is 9.59. The summed E-state index contributed by atoms with van der Waals surface area (Å²) in [5.74, 6) is 0. The van der Waals surface area contributed by atoms with Gasteiger partial charge in [-0.15, -0.1) is 0 Å². The summed E-state index contributed by atoms with van der Waals surface area (Å²) in [4.78, 5) is 10.1. The molecule has 19 rings (SSSR count). The number of fused-ring (bicyclic) bond motifs is 12. The van der Waals surface area contributed by atoms with E-state index in [0.717, 1.165) is 128 Å². The van der Waals surface area contributed by atoms with Crippen LogP contribution in [0.25, 0.3) is 177 Å². The normalized spacial score (nSPS) is 11.8. The number of pyridine rings is 2. The van der Waals surface area contributed by atoms with Crippen molar-refractivity contribution in [3.8, 4) is 89.5 Å². The van der Waals surface area contributed by atoms with Crippen molar-refractivity contribution < 1.29 is 0 Å². The molecule has 94 heavy (non-hydrogen) atoms. The molecule has 0 aliphatic carbocycles. The summed E-state index contributed by atoms with van der Waals surface area (Å²) in [6.45, 7) is 0. The molecule has 0 fully saturated rings. The summed E-state index contributed by atoms with van der Waals surface area (Å²) in [6, 6.07) is 120. The minimum absolute atomic E-state index is 0.919. The average Bonchev–Trinajstić information content (AvgIpc) is 1.59. The number of rotatable bonds is 10. The zero-order valence-electron chi connectivity index (χ0n) is 51.0.